The van der Waals surface area contributed by atoms with Gasteiger partial charge in [-0.1, -0.05) is 68.8 Å². The number of rotatable bonds is 8. The summed E-state index contributed by atoms with van der Waals surface area (Å²) in [6.45, 7) is 6.88. The molecule has 0 N–H and O–H groups in total. The monoisotopic (exact) mass is 248 g/mol. The average molecular weight is 249 g/mol. The summed E-state index contributed by atoms with van der Waals surface area (Å²) in [5, 5.41) is 0. The minimum atomic E-state index is 0.775. The molecule has 0 radical (unpaired) electrons. The van der Waals surface area contributed by atoms with Crippen LogP contribution in [0.15, 0.2) is 0 Å². The van der Waals surface area contributed by atoms with E-state index in [0.717, 1.165) is 10.7 Å². The fourth-order valence-corrected chi connectivity index (χ4v) is 2.33. The first-order valence-electron chi connectivity index (χ1n) is 5.80. The van der Waals surface area contributed by atoms with Gasteiger partial charge in [-0.25, -0.2) is 0 Å². The summed E-state index contributed by atoms with van der Waals surface area (Å²) in [5.41, 5.74) is 0. The van der Waals surface area contributed by atoms with Crippen molar-refractivity contribution >= 4 is 15.9 Å². The van der Waals surface area contributed by atoms with E-state index in [-0.39, 0.29) is 0 Å². The van der Waals surface area contributed by atoms with E-state index in [1.165, 1.54) is 44.9 Å². The topological polar surface area (TPSA) is 0 Å². The zero-order valence-corrected chi connectivity index (χ0v) is 11.1. The van der Waals surface area contributed by atoms with Crippen molar-refractivity contribution in [2.75, 3.05) is 0 Å². The van der Waals surface area contributed by atoms with Crippen molar-refractivity contribution < 1.29 is 0 Å². The molecule has 1 unspecified atom stereocenters. The highest BCUT2D eigenvalue weighted by molar-refractivity contribution is 9.09. The van der Waals surface area contributed by atoms with Crippen molar-refractivity contribution in [3.63, 3.8) is 0 Å². The molecule has 0 aromatic heterocycles. The molecule has 0 nitrogen and oxygen atoms in total. The first-order chi connectivity index (χ1) is 6.16. The van der Waals surface area contributed by atoms with Gasteiger partial charge in [0, 0.05) is 4.83 Å². The van der Waals surface area contributed by atoms with Crippen molar-refractivity contribution in [1.29, 1.82) is 0 Å². The normalized spacial score (nSPS) is 13.6. The Morgan fingerprint density at radius 2 is 1.54 bits per heavy atom. The Kier molecular flexibility index (Phi) is 9.39. The lowest BCUT2D eigenvalue weighted by Gasteiger charge is -2.08. The second kappa shape index (κ2) is 9.05. The minimum absolute atomic E-state index is 0.775. The minimum Gasteiger partial charge on any atom is -0.0891 e. The summed E-state index contributed by atoms with van der Waals surface area (Å²) in [6.07, 6.45) is 9.66. The van der Waals surface area contributed by atoms with Crippen LogP contribution in [-0.2, 0) is 0 Å². The fraction of sp³-hybridized carbons (Fsp3) is 1.00. The lowest BCUT2D eigenvalue weighted by molar-refractivity contribution is 0.515. The van der Waals surface area contributed by atoms with E-state index in [1.54, 1.807) is 0 Å². The summed E-state index contributed by atoms with van der Waals surface area (Å²) in [7, 11) is 0. The first kappa shape index (κ1) is 13.5. The zero-order chi connectivity index (χ0) is 10.1. The second-order valence-corrected chi connectivity index (χ2v) is 5.71. The first-order valence-corrected chi connectivity index (χ1v) is 6.72. The van der Waals surface area contributed by atoms with Gasteiger partial charge in [0.1, 0.15) is 0 Å². The van der Waals surface area contributed by atoms with Crippen LogP contribution < -0.4 is 0 Å². The van der Waals surface area contributed by atoms with Gasteiger partial charge in [-0.2, -0.15) is 0 Å². The number of hydrogen-bond acceptors (Lipinski definition) is 0. The van der Waals surface area contributed by atoms with E-state index < -0.39 is 0 Å². The Labute approximate surface area is 92.6 Å². The predicted octanol–water partition coefficient (Wildman–Crippen LogP) is 5.16. The summed E-state index contributed by atoms with van der Waals surface area (Å²) in [4.78, 5) is 0.775. The van der Waals surface area contributed by atoms with Crippen LogP contribution in [0.3, 0.4) is 0 Å². The molecule has 0 fully saturated rings. The van der Waals surface area contributed by atoms with Gasteiger partial charge in [-0.15, -0.1) is 0 Å². The highest BCUT2D eigenvalue weighted by Crippen LogP contribution is 2.17. The lowest BCUT2D eigenvalue weighted by atomic mass is 10.0. The highest BCUT2D eigenvalue weighted by Gasteiger charge is 2.01. The van der Waals surface area contributed by atoms with Crippen LogP contribution in [0.4, 0.5) is 0 Å². The van der Waals surface area contributed by atoms with Gasteiger partial charge in [0.05, 0.1) is 0 Å². The van der Waals surface area contributed by atoms with E-state index in [2.05, 4.69) is 36.7 Å². The molecule has 0 aliphatic carbocycles. The largest absolute Gasteiger partial charge is 0.0891 e. The zero-order valence-electron chi connectivity index (χ0n) is 9.48. The van der Waals surface area contributed by atoms with Gasteiger partial charge in [-0.3, -0.25) is 0 Å². The van der Waals surface area contributed by atoms with Gasteiger partial charge >= 0.3 is 0 Å². The summed E-state index contributed by atoms with van der Waals surface area (Å²) >= 11 is 3.72. The maximum absolute atomic E-state index is 3.72. The summed E-state index contributed by atoms with van der Waals surface area (Å²) in [5.74, 6) is 0.885. The molecule has 1 atom stereocenters. The Hall–Kier alpha value is 0.480. The lowest BCUT2D eigenvalue weighted by Crippen LogP contribution is -1.96. The van der Waals surface area contributed by atoms with E-state index >= 15 is 0 Å². The molecule has 80 valence electrons. The molecule has 0 saturated heterocycles. The van der Waals surface area contributed by atoms with Crippen LogP contribution in [0.25, 0.3) is 0 Å². The van der Waals surface area contributed by atoms with Gasteiger partial charge in [0.15, 0.2) is 0 Å². The molecule has 0 spiro atoms. The molecule has 0 aromatic carbocycles. The predicted molar refractivity (Wildman–Crippen MR) is 65.5 cm³/mol. The van der Waals surface area contributed by atoms with Crippen LogP contribution in [-0.4, -0.2) is 4.83 Å². The van der Waals surface area contributed by atoms with Crippen molar-refractivity contribution in [3.8, 4) is 0 Å². The van der Waals surface area contributed by atoms with Crippen LogP contribution in [0.5, 0.6) is 0 Å². The molecule has 13 heavy (non-hydrogen) atoms. The maximum atomic E-state index is 3.72. The number of hydrogen-bond donors (Lipinski definition) is 0. The van der Waals surface area contributed by atoms with Gasteiger partial charge in [0.2, 0.25) is 0 Å². The third-order valence-electron chi connectivity index (χ3n) is 2.40. The fourth-order valence-electron chi connectivity index (χ4n) is 1.55. The SMILES string of the molecule is CCCC(Br)CCCCCC(C)C. The van der Waals surface area contributed by atoms with Gasteiger partial charge in [-0.05, 0) is 18.8 Å². The third-order valence-corrected chi connectivity index (χ3v) is 3.32. The maximum Gasteiger partial charge on any atom is 0.0145 e. The van der Waals surface area contributed by atoms with Crippen molar-refractivity contribution in [2.45, 2.75) is 70.5 Å². The summed E-state index contributed by atoms with van der Waals surface area (Å²) < 4.78 is 0. The van der Waals surface area contributed by atoms with Gasteiger partial charge in [0.25, 0.3) is 0 Å². The highest BCUT2D eigenvalue weighted by atomic mass is 79.9. The molecule has 0 aliphatic rings. The van der Waals surface area contributed by atoms with Crippen LogP contribution in [0, 0.1) is 5.92 Å². The molecular weight excluding hydrogens is 224 g/mol. The van der Waals surface area contributed by atoms with E-state index in [9.17, 15) is 0 Å². The van der Waals surface area contributed by atoms with Crippen LogP contribution >= 0.6 is 15.9 Å². The summed E-state index contributed by atoms with van der Waals surface area (Å²) in [6, 6.07) is 0. The molecule has 0 amide bonds. The number of halogens is 1. The molecule has 1 heteroatoms. The van der Waals surface area contributed by atoms with E-state index in [1.807, 2.05) is 0 Å². The molecule has 0 aromatic rings. The smallest absolute Gasteiger partial charge is 0.0145 e. The third kappa shape index (κ3) is 10.4. The molecule has 0 heterocycles. The average Bonchev–Trinajstić information content (AvgIpc) is 2.03. The Balaban J connectivity index is 3.06. The molecular formula is C12H25Br. The second-order valence-electron chi connectivity index (χ2n) is 4.42. The Morgan fingerprint density at radius 3 is 2.08 bits per heavy atom. The molecule has 0 bridgehead atoms. The molecule has 0 aliphatic heterocycles. The quantitative estimate of drug-likeness (QED) is 0.412. The molecule has 0 rings (SSSR count). The van der Waals surface area contributed by atoms with Crippen molar-refractivity contribution in [2.24, 2.45) is 5.92 Å². The van der Waals surface area contributed by atoms with Crippen LogP contribution in [0.1, 0.15) is 65.7 Å². The molecule has 0 saturated carbocycles. The van der Waals surface area contributed by atoms with Crippen molar-refractivity contribution in [3.05, 3.63) is 0 Å². The van der Waals surface area contributed by atoms with E-state index in [4.69, 9.17) is 0 Å². The number of unbranched alkanes of at least 4 members (excludes halogenated alkanes) is 2. The number of alkyl halides is 1. The van der Waals surface area contributed by atoms with Crippen molar-refractivity contribution in [1.82, 2.24) is 0 Å². The Morgan fingerprint density at radius 1 is 0.923 bits per heavy atom. The van der Waals surface area contributed by atoms with E-state index in [0.29, 0.717) is 0 Å². The van der Waals surface area contributed by atoms with Crippen LogP contribution in [0.2, 0.25) is 0 Å². The van der Waals surface area contributed by atoms with Gasteiger partial charge < -0.3 is 0 Å². The Bertz CT molecular complexity index is 99.3. The standard InChI is InChI=1S/C12H25Br/c1-4-8-12(13)10-7-5-6-9-11(2)3/h11-12H,4-10H2,1-3H3.